The van der Waals surface area contributed by atoms with Gasteiger partial charge >= 0.3 is 0 Å². The molecule has 0 aliphatic carbocycles. The van der Waals surface area contributed by atoms with Crippen molar-refractivity contribution in [3.8, 4) is 0 Å². The van der Waals surface area contributed by atoms with Gasteiger partial charge in [0, 0.05) is 12.3 Å². The van der Waals surface area contributed by atoms with Gasteiger partial charge in [-0.25, -0.2) is 4.99 Å². The van der Waals surface area contributed by atoms with E-state index in [0.717, 1.165) is 5.39 Å². The topological polar surface area (TPSA) is 97.7 Å². The van der Waals surface area contributed by atoms with Crippen molar-refractivity contribution >= 4 is 34.2 Å². The summed E-state index contributed by atoms with van der Waals surface area (Å²) in [4.78, 5) is 27.5. The smallest absolute Gasteiger partial charge is 0.254 e. The third-order valence-electron chi connectivity index (χ3n) is 3.36. The minimum atomic E-state index is -0.639. The molecule has 2 aromatic carbocycles. The first-order chi connectivity index (χ1) is 11.5. The summed E-state index contributed by atoms with van der Waals surface area (Å²) < 4.78 is 5.74. The molecule has 0 aliphatic rings. The van der Waals surface area contributed by atoms with Crippen molar-refractivity contribution in [2.45, 2.75) is 6.92 Å². The molecule has 0 radical (unpaired) electrons. The number of nitrogens with two attached hydrogens (primary N) is 1. The maximum absolute atomic E-state index is 11.8. The van der Waals surface area contributed by atoms with Crippen molar-refractivity contribution in [2.75, 3.05) is 5.32 Å². The van der Waals surface area contributed by atoms with Crippen LogP contribution in [0.4, 0.5) is 11.4 Å². The zero-order valence-electron chi connectivity index (χ0n) is 12.9. The molecule has 0 spiro atoms. The SMILES string of the molecule is CC(=O)Nc1ccccc1N=c1oc2ccccc2cc1C(N)=O. The number of primary amides is 1. The quantitative estimate of drug-likeness (QED) is 0.776. The lowest BCUT2D eigenvalue weighted by Gasteiger charge is -2.06. The van der Waals surface area contributed by atoms with Gasteiger partial charge in [0.15, 0.2) is 0 Å². The fourth-order valence-corrected chi connectivity index (χ4v) is 2.30. The highest BCUT2D eigenvalue weighted by molar-refractivity contribution is 5.95. The third kappa shape index (κ3) is 3.17. The van der Waals surface area contributed by atoms with Crippen LogP contribution in [0, 0.1) is 0 Å². The van der Waals surface area contributed by atoms with E-state index < -0.39 is 5.91 Å². The van der Waals surface area contributed by atoms with Gasteiger partial charge < -0.3 is 15.5 Å². The molecule has 3 rings (SSSR count). The predicted molar refractivity (Wildman–Crippen MR) is 90.7 cm³/mol. The maximum Gasteiger partial charge on any atom is 0.254 e. The van der Waals surface area contributed by atoms with E-state index in [-0.39, 0.29) is 17.0 Å². The largest absolute Gasteiger partial charge is 0.438 e. The molecule has 6 heteroatoms. The van der Waals surface area contributed by atoms with E-state index in [1.807, 2.05) is 18.2 Å². The molecule has 3 aromatic rings. The van der Waals surface area contributed by atoms with Crippen LogP contribution in [0.5, 0.6) is 0 Å². The molecule has 0 unspecified atom stereocenters. The predicted octanol–water partition coefficient (Wildman–Crippen LogP) is 2.72. The summed E-state index contributed by atoms with van der Waals surface area (Å²) in [6.45, 7) is 1.41. The standard InChI is InChI=1S/C18H15N3O3/c1-11(22)20-14-7-3-4-8-15(14)21-18-13(17(19)23)10-12-6-2-5-9-16(12)24-18/h2-10H,1H3,(H2,19,23)(H,20,22). The number of rotatable bonds is 3. The minimum Gasteiger partial charge on any atom is -0.438 e. The minimum absolute atomic E-state index is 0.0963. The Balaban J connectivity index is 2.25. The van der Waals surface area contributed by atoms with Crippen molar-refractivity contribution < 1.29 is 14.0 Å². The molecule has 24 heavy (non-hydrogen) atoms. The summed E-state index contributed by atoms with van der Waals surface area (Å²) in [5, 5.41) is 3.44. The second-order valence-corrected chi connectivity index (χ2v) is 5.18. The van der Waals surface area contributed by atoms with Gasteiger partial charge in [0.25, 0.3) is 5.91 Å². The highest BCUT2D eigenvalue weighted by Gasteiger charge is 2.10. The number of para-hydroxylation sites is 3. The van der Waals surface area contributed by atoms with Crippen molar-refractivity contribution in [2.24, 2.45) is 10.7 Å². The number of nitrogens with one attached hydrogen (secondary N) is 1. The van der Waals surface area contributed by atoms with Gasteiger partial charge in [-0.1, -0.05) is 30.3 Å². The molecule has 0 saturated carbocycles. The first-order valence-electron chi connectivity index (χ1n) is 7.28. The first-order valence-corrected chi connectivity index (χ1v) is 7.28. The van der Waals surface area contributed by atoms with Crippen LogP contribution in [0.15, 0.2) is 64.0 Å². The number of hydrogen-bond acceptors (Lipinski definition) is 4. The number of nitrogens with zero attached hydrogens (tertiary/aromatic N) is 1. The molecule has 120 valence electrons. The average Bonchev–Trinajstić information content (AvgIpc) is 2.55. The van der Waals surface area contributed by atoms with Gasteiger partial charge in [0.05, 0.1) is 11.4 Å². The van der Waals surface area contributed by atoms with Crippen molar-refractivity contribution in [1.82, 2.24) is 0 Å². The molecular formula is C18H15N3O3. The lowest BCUT2D eigenvalue weighted by Crippen LogP contribution is -2.21. The van der Waals surface area contributed by atoms with Gasteiger partial charge in [-0.3, -0.25) is 9.59 Å². The maximum atomic E-state index is 11.8. The molecule has 1 heterocycles. The summed E-state index contributed by atoms with van der Waals surface area (Å²) in [7, 11) is 0. The molecule has 0 bridgehead atoms. The Morgan fingerprint density at radius 2 is 1.79 bits per heavy atom. The summed E-state index contributed by atoms with van der Waals surface area (Å²) in [6, 6.07) is 15.9. The van der Waals surface area contributed by atoms with E-state index in [4.69, 9.17) is 10.2 Å². The number of benzene rings is 2. The Hall–Kier alpha value is -3.41. The second-order valence-electron chi connectivity index (χ2n) is 5.18. The van der Waals surface area contributed by atoms with E-state index >= 15 is 0 Å². The van der Waals surface area contributed by atoms with Gasteiger partial charge in [-0.05, 0) is 24.3 Å². The molecule has 0 saturated heterocycles. The molecular weight excluding hydrogens is 306 g/mol. The Kier molecular flexibility index (Phi) is 4.11. The lowest BCUT2D eigenvalue weighted by molar-refractivity contribution is -0.114. The molecule has 2 amide bonds. The molecule has 6 nitrogen and oxygen atoms in total. The van der Waals surface area contributed by atoms with Crippen LogP contribution in [0.1, 0.15) is 17.3 Å². The number of carbonyl (C=O) groups is 2. The molecule has 1 aromatic heterocycles. The zero-order chi connectivity index (χ0) is 17.1. The third-order valence-corrected chi connectivity index (χ3v) is 3.36. The summed E-state index contributed by atoms with van der Waals surface area (Å²) >= 11 is 0. The van der Waals surface area contributed by atoms with Crippen LogP contribution >= 0.6 is 0 Å². The number of hydrogen-bond donors (Lipinski definition) is 2. The normalized spacial score (nSPS) is 11.5. The Bertz CT molecular complexity index is 1010. The van der Waals surface area contributed by atoms with E-state index in [1.165, 1.54) is 6.92 Å². The van der Waals surface area contributed by atoms with Crippen LogP contribution in [0.3, 0.4) is 0 Å². The van der Waals surface area contributed by atoms with Crippen LogP contribution in [0.25, 0.3) is 11.0 Å². The molecule has 0 atom stereocenters. The monoisotopic (exact) mass is 321 g/mol. The lowest BCUT2D eigenvalue weighted by atomic mass is 10.2. The second kappa shape index (κ2) is 6.37. The van der Waals surface area contributed by atoms with Crippen LogP contribution in [-0.2, 0) is 4.79 Å². The Morgan fingerprint density at radius 1 is 1.08 bits per heavy atom. The Labute approximate surface area is 137 Å². The summed E-state index contributed by atoms with van der Waals surface area (Å²) in [6.07, 6.45) is 0. The van der Waals surface area contributed by atoms with E-state index in [9.17, 15) is 9.59 Å². The molecule has 0 fully saturated rings. The van der Waals surface area contributed by atoms with Crippen LogP contribution in [-0.4, -0.2) is 11.8 Å². The Morgan fingerprint density at radius 3 is 2.54 bits per heavy atom. The summed E-state index contributed by atoms with van der Waals surface area (Å²) in [5.74, 6) is -0.858. The number of carbonyl (C=O) groups excluding carboxylic acids is 2. The number of fused-ring (bicyclic) bond motifs is 1. The van der Waals surface area contributed by atoms with Gasteiger partial charge in [0.2, 0.25) is 11.5 Å². The van der Waals surface area contributed by atoms with E-state index in [2.05, 4.69) is 10.3 Å². The molecule has 3 N–H and O–H groups in total. The van der Waals surface area contributed by atoms with E-state index in [0.29, 0.717) is 17.0 Å². The van der Waals surface area contributed by atoms with Gasteiger partial charge in [-0.15, -0.1) is 0 Å². The highest BCUT2D eigenvalue weighted by Crippen LogP contribution is 2.24. The average molecular weight is 321 g/mol. The fraction of sp³-hybridized carbons (Fsp3) is 0.0556. The number of amides is 2. The summed E-state index contributed by atoms with van der Waals surface area (Å²) in [5.41, 5.74) is 7.28. The fourth-order valence-electron chi connectivity index (χ4n) is 2.30. The van der Waals surface area contributed by atoms with Crippen LogP contribution in [0.2, 0.25) is 0 Å². The number of anilines is 1. The highest BCUT2D eigenvalue weighted by atomic mass is 16.3. The van der Waals surface area contributed by atoms with E-state index in [1.54, 1.807) is 36.4 Å². The van der Waals surface area contributed by atoms with Crippen molar-refractivity contribution in [1.29, 1.82) is 0 Å². The van der Waals surface area contributed by atoms with Crippen molar-refractivity contribution in [3.63, 3.8) is 0 Å². The first kappa shape index (κ1) is 15.5. The van der Waals surface area contributed by atoms with Gasteiger partial charge in [-0.2, -0.15) is 0 Å². The van der Waals surface area contributed by atoms with Crippen LogP contribution < -0.4 is 16.6 Å². The van der Waals surface area contributed by atoms with Crippen molar-refractivity contribution in [3.05, 3.63) is 65.7 Å². The zero-order valence-corrected chi connectivity index (χ0v) is 12.9. The van der Waals surface area contributed by atoms with Gasteiger partial charge in [0.1, 0.15) is 11.1 Å². The molecule has 0 aliphatic heterocycles.